The Labute approximate surface area is 94.8 Å². The summed E-state index contributed by atoms with van der Waals surface area (Å²) in [4.78, 5) is 5.76. The number of amidine groups is 1. The van der Waals surface area contributed by atoms with E-state index >= 15 is 0 Å². The van der Waals surface area contributed by atoms with E-state index in [4.69, 9.17) is 5.41 Å². The Hall–Kier alpha value is -0.870. The van der Waals surface area contributed by atoms with Crippen LogP contribution in [-0.4, -0.2) is 48.9 Å². The van der Waals surface area contributed by atoms with Crippen LogP contribution in [0.3, 0.4) is 0 Å². The number of likely N-dealkylation sites (N-methyl/N-ethyl adjacent to an activating group) is 1. The fourth-order valence-electron chi connectivity index (χ4n) is 1.78. The van der Waals surface area contributed by atoms with Crippen LogP contribution in [0.1, 0.15) is 10.4 Å². The van der Waals surface area contributed by atoms with Gasteiger partial charge in [0.05, 0.1) is 0 Å². The van der Waals surface area contributed by atoms with Crippen LogP contribution in [0.5, 0.6) is 0 Å². The SMILES string of the molecule is Cc1cc(C(=N)N2CCN(C)CC2)cs1. The van der Waals surface area contributed by atoms with E-state index in [-0.39, 0.29) is 0 Å². The number of thiophene rings is 1. The lowest BCUT2D eigenvalue weighted by molar-refractivity contribution is 0.215. The van der Waals surface area contributed by atoms with Gasteiger partial charge >= 0.3 is 0 Å². The maximum Gasteiger partial charge on any atom is 0.128 e. The molecule has 1 aliphatic heterocycles. The Morgan fingerprint density at radius 2 is 2.00 bits per heavy atom. The molecule has 1 N–H and O–H groups in total. The number of rotatable bonds is 1. The molecule has 4 heteroatoms. The molecule has 2 heterocycles. The predicted molar refractivity (Wildman–Crippen MR) is 65.0 cm³/mol. The van der Waals surface area contributed by atoms with Gasteiger partial charge in [0, 0.05) is 42.0 Å². The Bertz CT molecular complexity index is 350. The molecule has 1 fully saturated rings. The maximum atomic E-state index is 8.12. The van der Waals surface area contributed by atoms with Crippen molar-refractivity contribution in [2.75, 3.05) is 33.2 Å². The molecule has 0 spiro atoms. The summed E-state index contributed by atoms with van der Waals surface area (Å²) in [6.45, 7) is 6.16. The molecule has 1 aromatic heterocycles. The minimum Gasteiger partial charge on any atom is -0.354 e. The van der Waals surface area contributed by atoms with Crippen LogP contribution in [0.15, 0.2) is 11.4 Å². The summed E-state index contributed by atoms with van der Waals surface area (Å²) < 4.78 is 0. The van der Waals surface area contributed by atoms with Gasteiger partial charge in [-0.05, 0) is 20.0 Å². The van der Waals surface area contributed by atoms with Crippen LogP contribution in [0.25, 0.3) is 0 Å². The van der Waals surface area contributed by atoms with Crippen molar-refractivity contribution in [1.82, 2.24) is 9.80 Å². The Morgan fingerprint density at radius 3 is 2.53 bits per heavy atom. The van der Waals surface area contributed by atoms with Crippen molar-refractivity contribution in [3.05, 3.63) is 21.9 Å². The Kier molecular flexibility index (Phi) is 3.07. The van der Waals surface area contributed by atoms with E-state index in [9.17, 15) is 0 Å². The highest BCUT2D eigenvalue weighted by Gasteiger charge is 2.17. The number of aryl methyl sites for hydroxylation is 1. The van der Waals surface area contributed by atoms with E-state index in [0.29, 0.717) is 5.84 Å². The van der Waals surface area contributed by atoms with E-state index in [2.05, 4.69) is 35.2 Å². The average Bonchev–Trinajstić information content (AvgIpc) is 2.65. The van der Waals surface area contributed by atoms with Crippen molar-refractivity contribution >= 4 is 17.2 Å². The first-order chi connectivity index (χ1) is 7.16. The van der Waals surface area contributed by atoms with Crippen LogP contribution in [0.4, 0.5) is 0 Å². The lowest BCUT2D eigenvalue weighted by atomic mass is 10.2. The summed E-state index contributed by atoms with van der Waals surface area (Å²) in [6.07, 6.45) is 0. The zero-order valence-corrected chi connectivity index (χ0v) is 10.1. The monoisotopic (exact) mass is 223 g/mol. The quantitative estimate of drug-likeness (QED) is 0.579. The van der Waals surface area contributed by atoms with Gasteiger partial charge in [0.1, 0.15) is 5.84 Å². The lowest BCUT2D eigenvalue weighted by Gasteiger charge is -2.33. The highest BCUT2D eigenvalue weighted by atomic mass is 32.1. The van der Waals surface area contributed by atoms with Gasteiger partial charge in [0.2, 0.25) is 0 Å². The average molecular weight is 223 g/mol. The van der Waals surface area contributed by atoms with Crippen LogP contribution in [0, 0.1) is 12.3 Å². The summed E-state index contributed by atoms with van der Waals surface area (Å²) in [5, 5.41) is 10.2. The Morgan fingerprint density at radius 1 is 1.33 bits per heavy atom. The third-order valence-electron chi connectivity index (χ3n) is 2.82. The molecule has 0 bridgehead atoms. The third-order valence-corrected chi connectivity index (χ3v) is 3.68. The summed E-state index contributed by atoms with van der Waals surface area (Å²) in [5.74, 6) is 0.687. The molecule has 0 saturated carbocycles. The standard InChI is InChI=1S/C11H17N3S/c1-9-7-10(8-15-9)11(12)14-5-3-13(2)4-6-14/h7-8,12H,3-6H2,1-2H3. The molecule has 0 radical (unpaired) electrons. The van der Waals surface area contributed by atoms with Gasteiger partial charge in [0.15, 0.2) is 0 Å². The molecule has 0 amide bonds. The van der Waals surface area contributed by atoms with E-state index in [1.807, 2.05) is 0 Å². The molecule has 0 atom stereocenters. The fourth-order valence-corrected chi connectivity index (χ4v) is 2.47. The molecule has 2 rings (SSSR count). The zero-order valence-electron chi connectivity index (χ0n) is 9.29. The molecule has 0 aliphatic carbocycles. The first kappa shape index (κ1) is 10.6. The van der Waals surface area contributed by atoms with Crippen molar-refractivity contribution < 1.29 is 0 Å². The second kappa shape index (κ2) is 4.33. The molecule has 3 nitrogen and oxygen atoms in total. The minimum absolute atomic E-state index is 0.687. The highest BCUT2D eigenvalue weighted by molar-refractivity contribution is 7.10. The van der Waals surface area contributed by atoms with E-state index < -0.39 is 0 Å². The van der Waals surface area contributed by atoms with Crippen molar-refractivity contribution in [2.24, 2.45) is 0 Å². The smallest absolute Gasteiger partial charge is 0.128 e. The molecule has 0 unspecified atom stereocenters. The van der Waals surface area contributed by atoms with Crippen molar-refractivity contribution in [3.8, 4) is 0 Å². The van der Waals surface area contributed by atoms with Gasteiger partial charge in [-0.3, -0.25) is 5.41 Å². The number of hydrogen-bond acceptors (Lipinski definition) is 3. The van der Waals surface area contributed by atoms with E-state index in [1.165, 1.54) is 4.88 Å². The second-order valence-electron chi connectivity index (χ2n) is 4.08. The molecular weight excluding hydrogens is 206 g/mol. The Balaban J connectivity index is 2.02. The first-order valence-electron chi connectivity index (χ1n) is 5.24. The lowest BCUT2D eigenvalue weighted by Crippen LogP contribution is -2.47. The number of piperazine rings is 1. The third kappa shape index (κ3) is 2.38. The maximum absolute atomic E-state index is 8.12. The van der Waals surface area contributed by atoms with E-state index in [0.717, 1.165) is 31.7 Å². The van der Waals surface area contributed by atoms with Gasteiger partial charge in [-0.25, -0.2) is 0 Å². The zero-order chi connectivity index (χ0) is 10.8. The molecule has 15 heavy (non-hydrogen) atoms. The van der Waals surface area contributed by atoms with Crippen molar-refractivity contribution in [3.63, 3.8) is 0 Å². The number of hydrogen-bond donors (Lipinski definition) is 1. The molecule has 82 valence electrons. The molecule has 1 aromatic rings. The van der Waals surface area contributed by atoms with Gasteiger partial charge in [-0.1, -0.05) is 0 Å². The summed E-state index contributed by atoms with van der Waals surface area (Å²) >= 11 is 1.72. The van der Waals surface area contributed by atoms with Crippen LogP contribution < -0.4 is 0 Å². The number of nitrogens with zero attached hydrogens (tertiary/aromatic N) is 2. The normalized spacial score (nSPS) is 18.1. The topological polar surface area (TPSA) is 30.3 Å². The minimum atomic E-state index is 0.687. The van der Waals surface area contributed by atoms with Crippen LogP contribution in [-0.2, 0) is 0 Å². The first-order valence-corrected chi connectivity index (χ1v) is 6.12. The number of nitrogens with one attached hydrogen (secondary N) is 1. The predicted octanol–water partition coefficient (Wildman–Crippen LogP) is 1.63. The van der Waals surface area contributed by atoms with Gasteiger partial charge in [-0.2, -0.15) is 0 Å². The van der Waals surface area contributed by atoms with Gasteiger partial charge in [0.25, 0.3) is 0 Å². The second-order valence-corrected chi connectivity index (χ2v) is 5.20. The molecule has 1 saturated heterocycles. The van der Waals surface area contributed by atoms with Crippen molar-refractivity contribution in [2.45, 2.75) is 6.92 Å². The van der Waals surface area contributed by atoms with Crippen LogP contribution >= 0.6 is 11.3 Å². The summed E-state index contributed by atoms with van der Waals surface area (Å²) in [6, 6.07) is 2.10. The van der Waals surface area contributed by atoms with Gasteiger partial charge < -0.3 is 9.80 Å². The summed E-state index contributed by atoms with van der Waals surface area (Å²) in [7, 11) is 2.13. The molecule has 1 aliphatic rings. The fraction of sp³-hybridized carbons (Fsp3) is 0.545. The summed E-state index contributed by atoms with van der Waals surface area (Å²) in [5.41, 5.74) is 1.07. The molecule has 0 aromatic carbocycles. The molecular formula is C11H17N3S. The van der Waals surface area contributed by atoms with Crippen molar-refractivity contribution in [1.29, 1.82) is 5.41 Å². The highest BCUT2D eigenvalue weighted by Crippen LogP contribution is 2.15. The van der Waals surface area contributed by atoms with Crippen LogP contribution in [0.2, 0.25) is 0 Å². The van der Waals surface area contributed by atoms with E-state index in [1.54, 1.807) is 11.3 Å². The van der Waals surface area contributed by atoms with Gasteiger partial charge in [-0.15, -0.1) is 11.3 Å². The largest absolute Gasteiger partial charge is 0.354 e.